The lowest BCUT2D eigenvalue weighted by Gasteiger charge is -2.26. The van der Waals surface area contributed by atoms with Crippen molar-refractivity contribution in [2.45, 2.75) is 32.4 Å². The van der Waals surface area contributed by atoms with Gasteiger partial charge in [-0.15, -0.1) is 10.2 Å². The minimum atomic E-state index is -0.744. The van der Waals surface area contributed by atoms with Gasteiger partial charge >= 0.3 is 0 Å². The average Bonchev–Trinajstić information content (AvgIpc) is 2.37. The van der Waals surface area contributed by atoms with E-state index in [0.717, 1.165) is 5.13 Å². The van der Waals surface area contributed by atoms with Gasteiger partial charge in [0, 0.05) is 0 Å². The molecule has 0 amide bonds. The molecule has 0 fully saturated rings. The monoisotopic (exact) mass is 187 g/mol. The van der Waals surface area contributed by atoms with Gasteiger partial charge in [0.05, 0.1) is 11.6 Å². The summed E-state index contributed by atoms with van der Waals surface area (Å²) in [6.07, 6.45) is 0. The lowest BCUT2D eigenvalue weighted by atomic mass is 10.0. The molecule has 1 atom stereocenters. The van der Waals surface area contributed by atoms with E-state index in [9.17, 15) is 5.11 Å². The van der Waals surface area contributed by atoms with Crippen LogP contribution in [0.15, 0.2) is 5.51 Å². The predicted octanol–water partition coefficient (Wildman–Crippen LogP) is 1.11. The first-order valence-electron chi connectivity index (χ1n) is 3.75. The molecule has 5 heteroatoms. The molecule has 1 aromatic heterocycles. The number of hydrogen-bond acceptors (Lipinski definition) is 5. The summed E-state index contributed by atoms with van der Waals surface area (Å²) >= 11 is 1.42. The van der Waals surface area contributed by atoms with Gasteiger partial charge in [0.1, 0.15) is 5.51 Å². The van der Waals surface area contributed by atoms with Crippen LogP contribution in [0, 0.1) is 0 Å². The number of anilines is 1. The number of nitrogens with zero attached hydrogens (tertiary/aromatic N) is 2. The van der Waals surface area contributed by atoms with Crippen molar-refractivity contribution in [3.63, 3.8) is 0 Å². The molecule has 68 valence electrons. The first-order chi connectivity index (χ1) is 5.50. The third-order valence-electron chi connectivity index (χ3n) is 1.76. The van der Waals surface area contributed by atoms with Gasteiger partial charge in [0.25, 0.3) is 0 Å². The zero-order chi connectivity index (χ0) is 9.19. The minimum absolute atomic E-state index is 0.0366. The Morgan fingerprint density at radius 2 is 2.33 bits per heavy atom. The number of aliphatic hydroxyl groups is 1. The molecular formula is C7H13N3OS. The molecular weight excluding hydrogens is 174 g/mol. The fraction of sp³-hybridized carbons (Fsp3) is 0.714. The van der Waals surface area contributed by atoms with Gasteiger partial charge in [-0.25, -0.2) is 0 Å². The topological polar surface area (TPSA) is 58.0 Å². The van der Waals surface area contributed by atoms with Gasteiger partial charge in [-0.05, 0) is 20.8 Å². The molecule has 0 aliphatic carbocycles. The van der Waals surface area contributed by atoms with Crippen molar-refractivity contribution in [1.29, 1.82) is 0 Å². The van der Waals surface area contributed by atoms with Crippen molar-refractivity contribution in [2.75, 3.05) is 5.32 Å². The molecule has 0 radical (unpaired) electrons. The van der Waals surface area contributed by atoms with Gasteiger partial charge in [-0.3, -0.25) is 0 Å². The Kier molecular flexibility index (Phi) is 2.64. The molecule has 12 heavy (non-hydrogen) atoms. The highest BCUT2D eigenvalue weighted by atomic mass is 32.1. The summed E-state index contributed by atoms with van der Waals surface area (Å²) in [6, 6.07) is -0.0366. The van der Waals surface area contributed by atoms with Gasteiger partial charge in [-0.1, -0.05) is 11.3 Å². The summed E-state index contributed by atoms with van der Waals surface area (Å²) in [7, 11) is 0. The molecule has 0 aromatic carbocycles. The quantitative estimate of drug-likeness (QED) is 0.744. The first-order valence-corrected chi connectivity index (χ1v) is 4.63. The summed E-state index contributed by atoms with van der Waals surface area (Å²) < 4.78 is 0. The van der Waals surface area contributed by atoms with Crippen molar-refractivity contribution in [1.82, 2.24) is 10.2 Å². The maximum atomic E-state index is 9.58. The highest BCUT2D eigenvalue weighted by Crippen LogP contribution is 2.15. The number of rotatable bonds is 3. The summed E-state index contributed by atoms with van der Waals surface area (Å²) in [5.74, 6) is 0. The van der Waals surface area contributed by atoms with Gasteiger partial charge in [0.2, 0.25) is 5.13 Å². The summed E-state index contributed by atoms with van der Waals surface area (Å²) in [5, 5.41) is 20.9. The second-order valence-electron chi connectivity index (χ2n) is 3.26. The van der Waals surface area contributed by atoms with Gasteiger partial charge in [-0.2, -0.15) is 0 Å². The molecule has 0 saturated carbocycles. The highest BCUT2D eigenvalue weighted by Gasteiger charge is 2.22. The van der Waals surface area contributed by atoms with Crippen LogP contribution in [0.4, 0.5) is 5.13 Å². The molecule has 0 aliphatic rings. The SMILES string of the molecule is CC(Nc1nncs1)C(C)(C)O. The van der Waals surface area contributed by atoms with E-state index < -0.39 is 5.60 Å². The smallest absolute Gasteiger partial charge is 0.205 e. The summed E-state index contributed by atoms with van der Waals surface area (Å²) in [6.45, 7) is 5.42. The van der Waals surface area contributed by atoms with E-state index >= 15 is 0 Å². The molecule has 1 aromatic rings. The summed E-state index contributed by atoms with van der Waals surface area (Å²) in [5.41, 5.74) is 0.908. The molecule has 1 rings (SSSR count). The standard InChI is InChI=1S/C7H13N3OS/c1-5(7(2,3)11)9-6-10-8-4-12-6/h4-5,11H,1-3H3,(H,9,10). The largest absolute Gasteiger partial charge is 0.388 e. The van der Waals surface area contributed by atoms with Crippen LogP contribution < -0.4 is 5.32 Å². The number of aromatic nitrogens is 2. The maximum Gasteiger partial charge on any atom is 0.205 e. The summed E-state index contributed by atoms with van der Waals surface area (Å²) in [4.78, 5) is 0. The van der Waals surface area contributed by atoms with E-state index in [4.69, 9.17) is 0 Å². The Morgan fingerprint density at radius 3 is 2.75 bits per heavy atom. The average molecular weight is 187 g/mol. The fourth-order valence-corrected chi connectivity index (χ4v) is 1.13. The lowest BCUT2D eigenvalue weighted by molar-refractivity contribution is 0.0649. The first kappa shape index (κ1) is 9.41. The Balaban J connectivity index is 2.53. The lowest BCUT2D eigenvalue weighted by Crippen LogP contribution is -2.39. The van der Waals surface area contributed by atoms with Gasteiger partial charge < -0.3 is 10.4 Å². The van der Waals surface area contributed by atoms with Crippen molar-refractivity contribution in [3.05, 3.63) is 5.51 Å². The molecule has 0 spiro atoms. The van der Waals surface area contributed by atoms with Crippen molar-refractivity contribution in [2.24, 2.45) is 0 Å². The Hall–Kier alpha value is -0.680. The zero-order valence-electron chi connectivity index (χ0n) is 7.40. The van der Waals surface area contributed by atoms with E-state index in [0.29, 0.717) is 0 Å². The van der Waals surface area contributed by atoms with Gasteiger partial charge in [0.15, 0.2) is 0 Å². The molecule has 1 heterocycles. The fourth-order valence-electron chi connectivity index (χ4n) is 0.598. The molecule has 2 N–H and O–H groups in total. The highest BCUT2D eigenvalue weighted by molar-refractivity contribution is 7.13. The Morgan fingerprint density at radius 1 is 1.67 bits per heavy atom. The van der Waals surface area contributed by atoms with Crippen LogP contribution in [-0.2, 0) is 0 Å². The third kappa shape index (κ3) is 2.42. The Bertz CT molecular complexity index is 229. The normalized spacial score (nSPS) is 14.3. The van der Waals surface area contributed by atoms with Crippen LogP contribution in [0.2, 0.25) is 0 Å². The van der Waals surface area contributed by atoms with Crippen LogP contribution in [0.25, 0.3) is 0 Å². The van der Waals surface area contributed by atoms with Crippen molar-refractivity contribution < 1.29 is 5.11 Å². The minimum Gasteiger partial charge on any atom is -0.388 e. The van der Waals surface area contributed by atoms with E-state index in [1.807, 2.05) is 6.92 Å². The van der Waals surface area contributed by atoms with Crippen LogP contribution in [0.5, 0.6) is 0 Å². The van der Waals surface area contributed by atoms with Crippen molar-refractivity contribution >= 4 is 16.5 Å². The van der Waals surface area contributed by atoms with E-state index in [1.54, 1.807) is 19.4 Å². The second-order valence-corrected chi connectivity index (χ2v) is 4.10. The predicted molar refractivity (Wildman–Crippen MR) is 49.3 cm³/mol. The van der Waals surface area contributed by atoms with Crippen LogP contribution >= 0.6 is 11.3 Å². The second kappa shape index (κ2) is 3.37. The molecule has 0 aliphatic heterocycles. The third-order valence-corrected chi connectivity index (χ3v) is 2.38. The maximum absolute atomic E-state index is 9.58. The van der Waals surface area contributed by atoms with E-state index in [1.165, 1.54) is 11.3 Å². The van der Waals surface area contributed by atoms with E-state index in [-0.39, 0.29) is 6.04 Å². The number of hydrogen-bond donors (Lipinski definition) is 2. The Labute approximate surface area is 75.6 Å². The molecule has 0 bridgehead atoms. The van der Waals surface area contributed by atoms with Crippen LogP contribution in [0.1, 0.15) is 20.8 Å². The van der Waals surface area contributed by atoms with E-state index in [2.05, 4.69) is 15.5 Å². The molecule has 0 saturated heterocycles. The zero-order valence-corrected chi connectivity index (χ0v) is 8.22. The van der Waals surface area contributed by atoms with Crippen LogP contribution in [-0.4, -0.2) is 26.9 Å². The molecule has 1 unspecified atom stereocenters. The number of nitrogens with one attached hydrogen (secondary N) is 1. The van der Waals surface area contributed by atoms with Crippen molar-refractivity contribution in [3.8, 4) is 0 Å². The molecule has 4 nitrogen and oxygen atoms in total. The van der Waals surface area contributed by atoms with Crippen LogP contribution in [0.3, 0.4) is 0 Å².